The molecule has 20 heavy (non-hydrogen) atoms. The highest BCUT2D eigenvalue weighted by Crippen LogP contribution is 2.39. The van der Waals surface area contributed by atoms with Gasteiger partial charge < -0.3 is 4.90 Å². The van der Waals surface area contributed by atoms with E-state index in [4.69, 9.17) is 23.2 Å². The fourth-order valence-corrected chi connectivity index (χ4v) is 3.61. The summed E-state index contributed by atoms with van der Waals surface area (Å²) >= 11 is 15.6. The normalized spacial score (nSPS) is 22.4. The van der Waals surface area contributed by atoms with Crippen molar-refractivity contribution in [1.82, 2.24) is 4.90 Å². The molecule has 0 bridgehead atoms. The molecule has 0 aromatic heterocycles. The van der Waals surface area contributed by atoms with E-state index in [1.54, 1.807) is 17.0 Å². The lowest BCUT2D eigenvalue weighted by Gasteiger charge is -2.36. The van der Waals surface area contributed by atoms with Crippen LogP contribution in [-0.4, -0.2) is 35.8 Å². The summed E-state index contributed by atoms with van der Waals surface area (Å²) in [7, 11) is 0. The smallest absolute Gasteiger partial charge is 0.250 e. The fraction of sp³-hybridized carbons (Fsp3) is 0.385. The van der Waals surface area contributed by atoms with E-state index in [0.717, 1.165) is 6.42 Å². The molecule has 0 spiro atoms. The Labute approximate surface area is 134 Å². The Hall–Kier alpha value is -0.780. The molecular formula is C13H11BrCl2N2O2. The minimum Gasteiger partial charge on any atom is -0.329 e. The van der Waals surface area contributed by atoms with Crippen molar-refractivity contribution >= 4 is 56.6 Å². The van der Waals surface area contributed by atoms with E-state index in [-0.39, 0.29) is 29.4 Å². The molecule has 106 valence electrons. The van der Waals surface area contributed by atoms with Crippen LogP contribution in [0.1, 0.15) is 12.8 Å². The van der Waals surface area contributed by atoms with E-state index in [1.807, 2.05) is 0 Å². The van der Waals surface area contributed by atoms with Crippen LogP contribution < -0.4 is 4.90 Å². The van der Waals surface area contributed by atoms with Crippen LogP contribution in [0, 0.1) is 0 Å². The van der Waals surface area contributed by atoms with Gasteiger partial charge in [-0.05, 0) is 40.9 Å². The highest BCUT2D eigenvalue weighted by Gasteiger charge is 2.42. The van der Waals surface area contributed by atoms with E-state index < -0.39 is 0 Å². The number of hydrogen-bond donors (Lipinski definition) is 0. The number of fused-ring (bicyclic) bond motifs is 1. The molecule has 0 saturated carbocycles. The number of amides is 2. The van der Waals surface area contributed by atoms with E-state index in [9.17, 15) is 9.59 Å². The van der Waals surface area contributed by atoms with Gasteiger partial charge in [0.25, 0.3) is 0 Å². The van der Waals surface area contributed by atoms with Crippen molar-refractivity contribution < 1.29 is 9.59 Å². The van der Waals surface area contributed by atoms with Gasteiger partial charge in [0.05, 0.1) is 15.7 Å². The van der Waals surface area contributed by atoms with Gasteiger partial charge in [0.15, 0.2) is 0 Å². The van der Waals surface area contributed by atoms with Crippen LogP contribution in [0.5, 0.6) is 0 Å². The molecule has 2 fully saturated rings. The number of halogens is 3. The van der Waals surface area contributed by atoms with Gasteiger partial charge in [0.1, 0.15) is 12.6 Å². The van der Waals surface area contributed by atoms with Crippen molar-refractivity contribution in [3.05, 3.63) is 26.7 Å². The molecule has 2 amide bonds. The Balaban J connectivity index is 2.00. The number of rotatable bonds is 1. The molecule has 1 unspecified atom stereocenters. The minimum atomic E-state index is -0.352. The van der Waals surface area contributed by atoms with Gasteiger partial charge >= 0.3 is 0 Å². The number of benzene rings is 1. The third-order valence-electron chi connectivity index (χ3n) is 3.72. The highest BCUT2D eigenvalue weighted by molar-refractivity contribution is 9.10. The standard InChI is InChI=1S/C13H11BrCl2N2O2/c14-7-3-4-8(12(16)11(7)15)18-6-10(19)17-5-1-2-9(17)13(18)20/h3-4,9H,1-2,5-6H2. The second kappa shape index (κ2) is 5.20. The van der Waals surface area contributed by atoms with E-state index in [2.05, 4.69) is 15.9 Å². The summed E-state index contributed by atoms with van der Waals surface area (Å²) in [5.74, 6) is -0.121. The van der Waals surface area contributed by atoms with Gasteiger partial charge in [-0.25, -0.2) is 0 Å². The van der Waals surface area contributed by atoms with Crippen LogP contribution in [0.25, 0.3) is 0 Å². The van der Waals surface area contributed by atoms with Crippen LogP contribution in [0.15, 0.2) is 16.6 Å². The van der Waals surface area contributed by atoms with Crippen molar-refractivity contribution in [3.8, 4) is 0 Å². The van der Waals surface area contributed by atoms with Crippen molar-refractivity contribution in [2.24, 2.45) is 0 Å². The third kappa shape index (κ3) is 2.12. The maximum atomic E-state index is 12.5. The quantitative estimate of drug-likeness (QED) is 0.705. The maximum Gasteiger partial charge on any atom is 0.250 e. The molecule has 2 aliphatic rings. The summed E-state index contributed by atoms with van der Waals surface area (Å²) in [6, 6.07) is 3.07. The van der Waals surface area contributed by atoms with Crippen LogP contribution in [0.2, 0.25) is 10.0 Å². The lowest BCUT2D eigenvalue weighted by Crippen LogP contribution is -2.57. The Morgan fingerprint density at radius 1 is 1.20 bits per heavy atom. The molecule has 2 heterocycles. The predicted octanol–water partition coefficient (Wildman–Crippen LogP) is 3.09. The van der Waals surface area contributed by atoms with Gasteiger partial charge in [-0.2, -0.15) is 0 Å². The second-order valence-electron chi connectivity index (χ2n) is 4.86. The molecular weight excluding hydrogens is 367 g/mol. The van der Waals surface area contributed by atoms with Crippen LogP contribution in [0.3, 0.4) is 0 Å². The Morgan fingerprint density at radius 2 is 1.95 bits per heavy atom. The van der Waals surface area contributed by atoms with Gasteiger partial charge in [-0.3, -0.25) is 14.5 Å². The van der Waals surface area contributed by atoms with Gasteiger partial charge in [-0.1, -0.05) is 23.2 Å². The first-order valence-electron chi connectivity index (χ1n) is 6.25. The largest absolute Gasteiger partial charge is 0.329 e. The van der Waals surface area contributed by atoms with E-state index in [1.165, 1.54) is 4.90 Å². The molecule has 0 aliphatic carbocycles. The Bertz CT molecular complexity index is 608. The molecule has 1 aromatic carbocycles. The molecule has 2 aliphatic heterocycles. The number of carbonyl (C=O) groups excluding carboxylic acids is 2. The van der Waals surface area contributed by atoms with Gasteiger partial charge in [0.2, 0.25) is 11.8 Å². The summed E-state index contributed by atoms with van der Waals surface area (Å²) in [5.41, 5.74) is 0.491. The Kier molecular flexibility index (Phi) is 3.69. The average Bonchev–Trinajstić information content (AvgIpc) is 2.91. The molecule has 0 N–H and O–H groups in total. The van der Waals surface area contributed by atoms with Gasteiger partial charge in [0, 0.05) is 11.0 Å². The average molecular weight is 378 g/mol. The Morgan fingerprint density at radius 3 is 2.70 bits per heavy atom. The van der Waals surface area contributed by atoms with Crippen molar-refractivity contribution in [1.29, 1.82) is 0 Å². The third-order valence-corrected chi connectivity index (χ3v) is 5.48. The molecule has 3 rings (SSSR count). The van der Waals surface area contributed by atoms with Crippen LogP contribution >= 0.6 is 39.1 Å². The second-order valence-corrected chi connectivity index (χ2v) is 6.47. The lowest BCUT2D eigenvalue weighted by atomic mass is 10.1. The van der Waals surface area contributed by atoms with Gasteiger partial charge in [-0.15, -0.1) is 0 Å². The zero-order valence-electron chi connectivity index (χ0n) is 10.4. The topological polar surface area (TPSA) is 40.6 Å². The number of piperazine rings is 1. The minimum absolute atomic E-state index is 0.0208. The number of hydrogen-bond acceptors (Lipinski definition) is 2. The number of anilines is 1. The first-order valence-corrected chi connectivity index (χ1v) is 7.80. The van der Waals surface area contributed by atoms with E-state index in [0.29, 0.717) is 28.1 Å². The van der Waals surface area contributed by atoms with Crippen LogP contribution in [0.4, 0.5) is 5.69 Å². The summed E-state index contributed by atoms with van der Waals surface area (Å²) in [4.78, 5) is 27.7. The molecule has 1 aromatic rings. The maximum absolute atomic E-state index is 12.5. The molecule has 0 radical (unpaired) electrons. The SMILES string of the molecule is O=C1C2CCCN2C(=O)CN1c1ccc(Br)c(Cl)c1Cl. The summed E-state index contributed by atoms with van der Waals surface area (Å²) in [6.45, 7) is 0.685. The molecule has 1 atom stereocenters. The monoisotopic (exact) mass is 376 g/mol. The summed E-state index contributed by atoms with van der Waals surface area (Å²) in [5, 5.41) is 0.631. The highest BCUT2D eigenvalue weighted by atomic mass is 79.9. The number of carbonyl (C=O) groups is 2. The zero-order valence-corrected chi connectivity index (χ0v) is 13.5. The first kappa shape index (κ1) is 14.2. The van der Waals surface area contributed by atoms with Crippen LogP contribution in [-0.2, 0) is 9.59 Å². The van der Waals surface area contributed by atoms with Crippen molar-refractivity contribution in [3.63, 3.8) is 0 Å². The molecule has 7 heteroatoms. The number of nitrogens with zero attached hydrogens (tertiary/aromatic N) is 2. The van der Waals surface area contributed by atoms with E-state index >= 15 is 0 Å². The zero-order chi connectivity index (χ0) is 14.4. The lowest BCUT2D eigenvalue weighted by molar-refractivity contribution is -0.140. The molecule has 2 saturated heterocycles. The molecule has 4 nitrogen and oxygen atoms in total. The summed E-state index contributed by atoms with van der Waals surface area (Å²) < 4.78 is 0.659. The fourth-order valence-electron chi connectivity index (χ4n) is 2.73. The van der Waals surface area contributed by atoms with Crippen molar-refractivity contribution in [2.45, 2.75) is 18.9 Å². The first-order chi connectivity index (χ1) is 9.50. The van der Waals surface area contributed by atoms with Crippen molar-refractivity contribution in [2.75, 3.05) is 18.0 Å². The predicted molar refractivity (Wildman–Crippen MR) is 81.3 cm³/mol. The summed E-state index contributed by atoms with van der Waals surface area (Å²) in [6.07, 6.45) is 1.58.